The van der Waals surface area contributed by atoms with Crippen molar-refractivity contribution in [2.75, 3.05) is 45.7 Å². The van der Waals surface area contributed by atoms with Crippen LogP contribution in [0.5, 0.6) is 5.75 Å². The van der Waals surface area contributed by atoms with Crippen LogP contribution in [-0.2, 0) is 19.9 Å². The molecule has 8 heteroatoms. The van der Waals surface area contributed by atoms with E-state index in [4.69, 9.17) is 4.74 Å². The van der Waals surface area contributed by atoms with Crippen LogP contribution in [-0.4, -0.2) is 73.3 Å². The Hall–Kier alpha value is -3.65. The number of hydrogen-bond acceptors (Lipinski definition) is 6. The minimum Gasteiger partial charge on any atom is -0.507 e. The predicted molar refractivity (Wildman–Crippen MR) is 133 cm³/mol. The van der Waals surface area contributed by atoms with Gasteiger partial charge in [-0.2, -0.15) is 0 Å². The number of carbonyl (C=O) groups excluding carboxylic acids is 3. The summed E-state index contributed by atoms with van der Waals surface area (Å²) in [6.45, 7) is 4.89. The molecule has 1 spiro atoms. The van der Waals surface area contributed by atoms with Crippen molar-refractivity contribution in [2.24, 2.45) is 0 Å². The van der Waals surface area contributed by atoms with E-state index in [0.717, 1.165) is 5.56 Å². The smallest absolute Gasteiger partial charge is 0.296 e. The Bertz CT molecular complexity index is 1240. The summed E-state index contributed by atoms with van der Waals surface area (Å²) in [5, 5.41) is 11.5. The Balaban J connectivity index is 2.00. The quantitative estimate of drug-likeness (QED) is 0.375. The zero-order valence-corrected chi connectivity index (χ0v) is 20.8. The first-order valence-corrected chi connectivity index (χ1v) is 11.7. The van der Waals surface area contributed by atoms with Gasteiger partial charge in [0.05, 0.1) is 18.4 Å². The van der Waals surface area contributed by atoms with Crippen molar-refractivity contribution in [1.82, 2.24) is 9.80 Å². The second kappa shape index (κ2) is 9.19. The third-order valence-corrected chi connectivity index (χ3v) is 6.78. The van der Waals surface area contributed by atoms with Crippen molar-refractivity contribution in [3.05, 3.63) is 64.7 Å². The van der Waals surface area contributed by atoms with Crippen LogP contribution >= 0.6 is 0 Å². The number of rotatable bonds is 7. The summed E-state index contributed by atoms with van der Waals surface area (Å²) in [7, 11) is 5.39. The van der Waals surface area contributed by atoms with Gasteiger partial charge in [-0.05, 0) is 70.7 Å². The van der Waals surface area contributed by atoms with Gasteiger partial charge in [0, 0.05) is 24.2 Å². The zero-order valence-electron chi connectivity index (χ0n) is 20.8. The number of methoxy groups -OCH3 is 1. The lowest BCUT2D eigenvalue weighted by molar-refractivity contribution is -0.143. The first-order valence-electron chi connectivity index (χ1n) is 11.7. The highest BCUT2D eigenvalue weighted by Crippen LogP contribution is 2.53. The van der Waals surface area contributed by atoms with Crippen molar-refractivity contribution < 1.29 is 24.2 Å². The van der Waals surface area contributed by atoms with E-state index in [1.807, 2.05) is 45.0 Å². The molecule has 1 fully saturated rings. The lowest BCUT2D eigenvalue weighted by Gasteiger charge is -2.34. The average Bonchev–Trinajstić information content (AvgIpc) is 3.21. The first-order chi connectivity index (χ1) is 16.7. The van der Waals surface area contributed by atoms with E-state index in [-0.39, 0.29) is 17.9 Å². The van der Waals surface area contributed by atoms with Gasteiger partial charge >= 0.3 is 0 Å². The number of benzene rings is 2. The maximum Gasteiger partial charge on any atom is 0.296 e. The molecule has 1 saturated heterocycles. The lowest BCUT2D eigenvalue weighted by atomic mass is 9.81. The molecular formula is C27H31N3O5. The number of aliphatic hydroxyl groups excluding tert-OH is 1. The first kappa shape index (κ1) is 24.5. The molecule has 35 heavy (non-hydrogen) atoms. The monoisotopic (exact) mass is 477 g/mol. The standard InChI is InChI=1S/C27H31N3O5/c1-6-29-20-11-8-7-10-19(20)27(26(29)34)22(23(31)18-12-13-21(35-5)17(2)16-18)24(32)25(33)30(27)15-9-14-28(3)4/h7-8,10-13,16,31H,6,9,14-15H2,1-5H3/t27-/m1/s1. The highest BCUT2D eigenvalue weighted by Gasteiger charge is 2.66. The Kier molecular flexibility index (Phi) is 6.42. The van der Waals surface area contributed by atoms with Gasteiger partial charge in [0.15, 0.2) is 5.54 Å². The molecule has 184 valence electrons. The normalized spacial score (nSPS) is 20.9. The molecule has 2 amide bonds. The van der Waals surface area contributed by atoms with Crippen LogP contribution in [0.2, 0.25) is 0 Å². The molecule has 2 aromatic carbocycles. The minimum atomic E-state index is -1.72. The number of Topliss-reactive ketones (excluding diaryl/α,β-unsaturated/α-hetero) is 1. The van der Waals surface area contributed by atoms with Crippen LogP contribution in [0.4, 0.5) is 5.69 Å². The van der Waals surface area contributed by atoms with Gasteiger partial charge in [-0.25, -0.2) is 0 Å². The van der Waals surface area contributed by atoms with E-state index in [1.54, 1.807) is 42.3 Å². The maximum absolute atomic E-state index is 14.1. The van der Waals surface area contributed by atoms with E-state index in [9.17, 15) is 19.5 Å². The number of ketones is 1. The van der Waals surface area contributed by atoms with Crippen LogP contribution in [0.3, 0.4) is 0 Å². The topological polar surface area (TPSA) is 90.4 Å². The summed E-state index contributed by atoms with van der Waals surface area (Å²) in [5.74, 6) is -1.79. The number of aliphatic hydroxyl groups is 1. The molecule has 0 bridgehead atoms. The number of amides is 2. The number of nitrogens with zero attached hydrogens (tertiary/aromatic N) is 3. The molecule has 0 unspecified atom stereocenters. The van der Waals surface area contributed by atoms with Crippen LogP contribution in [0.1, 0.15) is 30.0 Å². The third kappa shape index (κ3) is 3.60. The van der Waals surface area contributed by atoms with Gasteiger partial charge in [0.1, 0.15) is 11.5 Å². The fourth-order valence-electron chi connectivity index (χ4n) is 5.20. The van der Waals surface area contributed by atoms with Crippen molar-refractivity contribution >= 4 is 29.0 Å². The molecule has 2 aliphatic heterocycles. The van der Waals surface area contributed by atoms with Crippen molar-refractivity contribution in [1.29, 1.82) is 0 Å². The van der Waals surface area contributed by atoms with Crippen molar-refractivity contribution in [3.8, 4) is 5.75 Å². The summed E-state index contributed by atoms with van der Waals surface area (Å²) in [6.07, 6.45) is 0.561. The third-order valence-electron chi connectivity index (χ3n) is 6.78. The predicted octanol–water partition coefficient (Wildman–Crippen LogP) is 2.90. The fourth-order valence-corrected chi connectivity index (χ4v) is 5.20. The number of likely N-dealkylation sites (N-methyl/N-ethyl adjacent to an activating group) is 1. The summed E-state index contributed by atoms with van der Waals surface area (Å²) in [5.41, 5.74) is 0.350. The Morgan fingerprint density at radius 2 is 1.83 bits per heavy atom. The molecule has 0 saturated carbocycles. The van der Waals surface area contributed by atoms with Crippen LogP contribution < -0.4 is 9.64 Å². The summed E-state index contributed by atoms with van der Waals surface area (Å²) in [6, 6.07) is 12.2. The van der Waals surface area contributed by atoms with E-state index in [0.29, 0.717) is 42.1 Å². The van der Waals surface area contributed by atoms with E-state index in [1.165, 1.54) is 4.90 Å². The number of ether oxygens (including phenoxy) is 1. The van der Waals surface area contributed by atoms with E-state index >= 15 is 0 Å². The second-order valence-electron chi connectivity index (χ2n) is 9.13. The van der Waals surface area contributed by atoms with Crippen LogP contribution in [0.25, 0.3) is 5.76 Å². The average molecular weight is 478 g/mol. The summed E-state index contributed by atoms with van der Waals surface area (Å²) < 4.78 is 5.32. The zero-order chi connectivity index (χ0) is 25.5. The highest BCUT2D eigenvalue weighted by molar-refractivity contribution is 6.50. The van der Waals surface area contributed by atoms with Gasteiger partial charge in [0.2, 0.25) is 0 Å². The van der Waals surface area contributed by atoms with Crippen molar-refractivity contribution in [2.45, 2.75) is 25.8 Å². The van der Waals surface area contributed by atoms with E-state index in [2.05, 4.69) is 0 Å². The molecular weight excluding hydrogens is 446 g/mol. The number of aryl methyl sites for hydroxylation is 1. The molecule has 2 heterocycles. The van der Waals surface area contributed by atoms with Gasteiger partial charge < -0.3 is 24.5 Å². The summed E-state index contributed by atoms with van der Waals surface area (Å²) >= 11 is 0. The number of anilines is 1. The molecule has 4 rings (SSSR count). The highest BCUT2D eigenvalue weighted by atomic mass is 16.5. The van der Waals surface area contributed by atoms with Gasteiger partial charge in [-0.3, -0.25) is 14.4 Å². The Morgan fingerprint density at radius 3 is 2.46 bits per heavy atom. The van der Waals surface area contributed by atoms with Gasteiger partial charge in [-0.15, -0.1) is 0 Å². The Labute approximate surface area is 205 Å². The maximum atomic E-state index is 14.1. The minimum absolute atomic E-state index is 0.190. The molecule has 2 aliphatic rings. The molecule has 0 radical (unpaired) electrons. The Morgan fingerprint density at radius 1 is 1.11 bits per heavy atom. The summed E-state index contributed by atoms with van der Waals surface area (Å²) in [4.78, 5) is 46.0. The fraction of sp³-hybridized carbons (Fsp3) is 0.370. The second-order valence-corrected chi connectivity index (χ2v) is 9.13. The van der Waals surface area contributed by atoms with Crippen molar-refractivity contribution in [3.63, 3.8) is 0 Å². The number of likely N-dealkylation sites (tertiary alicyclic amines) is 1. The van der Waals surface area contributed by atoms with Crippen LogP contribution in [0, 0.1) is 6.92 Å². The molecule has 0 aromatic heterocycles. The molecule has 1 atom stereocenters. The number of hydrogen-bond donors (Lipinski definition) is 1. The van der Waals surface area contributed by atoms with E-state index < -0.39 is 23.1 Å². The number of carbonyl (C=O) groups is 3. The number of para-hydroxylation sites is 1. The molecule has 0 aliphatic carbocycles. The molecule has 2 aromatic rings. The number of fused-ring (bicyclic) bond motifs is 2. The van der Waals surface area contributed by atoms with Crippen LogP contribution in [0.15, 0.2) is 48.0 Å². The van der Waals surface area contributed by atoms with Gasteiger partial charge in [-0.1, -0.05) is 18.2 Å². The largest absolute Gasteiger partial charge is 0.507 e. The van der Waals surface area contributed by atoms with Gasteiger partial charge in [0.25, 0.3) is 17.6 Å². The molecule has 8 nitrogen and oxygen atoms in total. The molecule has 1 N–H and O–H groups in total. The SMILES string of the molecule is CCN1C(=O)[C@]2(C(=C(O)c3ccc(OC)c(C)c3)C(=O)C(=O)N2CCCN(C)C)c2ccccc21. The lowest BCUT2D eigenvalue weighted by Crippen LogP contribution is -2.52.